The summed E-state index contributed by atoms with van der Waals surface area (Å²) < 4.78 is 5.02. The van der Waals surface area contributed by atoms with Gasteiger partial charge in [-0.05, 0) is 19.3 Å². The van der Waals surface area contributed by atoms with Gasteiger partial charge in [-0.25, -0.2) is 0 Å². The Bertz CT molecular complexity index is 386. The van der Waals surface area contributed by atoms with E-state index in [4.69, 9.17) is 4.74 Å². The molecule has 0 aromatic carbocycles. The van der Waals surface area contributed by atoms with Crippen molar-refractivity contribution in [3.63, 3.8) is 0 Å². The molecule has 1 saturated carbocycles. The third kappa shape index (κ3) is 6.45. The average Bonchev–Trinajstić information content (AvgIpc) is 3.02. The average molecular weight is 438 g/mol. The molecule has 6 nitrogen and oxygen atoms in total. The van der Waals surface area contributed by atoms with Crippen molar-refractivity contribution in [1.29, 1.82) is 0 Å². The van der Waals surface area contributed by atoms with Crippen molar-refractivity contribution in [1.82, 2.24) is 15.5 Å². The largest absolute Gasteiger partial charge is 0.383 e. The molecule has 1 amide bonds. The third-order valence-corrected chi connectivity index (χ3v) is 4.62. The summed E-state index contributed by atoms with van der Waals surface area (Å²) in [6, 6.07) is 0.293. The van der Waals surface area contributed by atoms with E-state index in [1.807, 2.05) is 4.90 Å². The van der Waals surface area contributed by atoms with Crippen molar-refractivity contribution in [3.8, 4) is 0 Å². The first-order valence-corrected chi connectivity index (χ1v) is 8.49. The quantitative estimate of drug-likeness (QED) is 0.296. The lowest BCUT2D eigenvalue weighted by molar-refractivity contribution is -0.135. The van der Waals surface area contributed by atoms with Crippen molar-refractivity contribution in [2.24, 2.45) is 10.9 Å². The molecule has 2 rings (SSSR count). The van der Waals surface area contributed by atoms with Gasteiger partial charge in [0, 0.05) is 45.8 Å². The van der Waals surface area contributed by atoms with Crippen LogP contribution in [0.1, 0.15) is 38.5 Å². The Labute approximate surface area is 156 Å². The molecule has 1 heterocycles. The van der Waals surface area contributed by atoms with Gasteiger partial charge in [0.1, 0.15) is 0 Å². The Morgan fingerprint density at radius 1 is 1.26 bits per heavy atom. The first-order valence-electron chi connectivity index (χ1n) is 8.49. The Morgan fingerprint density at radius 3 is 2.65 bits per heavy atom. The van der Waals surface area contributed by atoms with Crippen LogP contribution in [0.25, 0.3) is 0 Å². The van der Waals surface area contributed by atoms with E-state index < -0.39 is 0 Å². The van der Waals surface area contributed by atoms with Gasteiger partial charge in [0.05, 0.1) is 6.61 Å². The van der Waals surface area contributed by atoms with Crippen LogP contribution in [0.4, 0.5) is 0 Å². The number of guanidine groups is 1. The predicted octanol–water partition coefficient (Wildman–Crippen LogP) is 1.60. The van der Waals surface area contributed by atoms with E-state index in [9.17, 15) is 4.79 Å². The molecule has 134 valence electrons. The highest BCUT2D eigenvalue weighted by molar-refractivity contribution is 14.0. The molecule has 2 N–H and O–H groups in total. The van der Waals surface area contributed by atoms with E-state index in [2.05, 4.69) is 15.6 Å². The molecule has 1 unspecified atom stereocenters. The Balaban J connectivity index is 0.00000264. The molecule has 2 aliphatic rings. The van der Waals surface area contributed by atoms with Crippen LogP contribution in [0.2, 0.25) is 0 Å². The molecular formula is C16H31IN4O2. The summed E-state index contributed by atoms with van der Waals surface area (Å²) in [5, 5.41) is 6.62. The maximum absolute atomic E-state index is 12.5. The molecule has 2 fully saturated rings. The lowest BCUT2D eigenvalue weighted by atomic mass is 9.88. The van der Waals surface area contributed by atoms with Crippen LogP contribution in [0.5, 0.6) is 0 Å². The van der Waals surface area contributed by atoms with Crippen molar-refractivity contribution >= 4 is 35.8 Å². The number of halogens is 1. The van der Waals surface area contributed by atoms with Gasteiger partial charge in [0.2, 0.25) is 5.91 Å². The summed E-state index contributed by atoms with van der Waals surface area (Å²) in [5.74, 6) is 1.42. The predicted molar refractivity (Wildman–Crippen MR) is 103 cm³/mol. The van der Waals surface area contributed by atoms with Gasteiger partial charge in [-0.3, -0.25) is 9.79 Å². The maximum atomic E-state index is 12.5. The molecule has 1 atom stereocenters. The van der Waals surface area contributed by atoms with Crippen LogP contribution in [-0.2, 0) is 9.53 Å². The number of aliphatic imine (C=N–C) groups is 1. The van der Waals surface area contributed by atoms with Gasteiger partial charge >= 0.3 is 0 Å². The number of rotatable bonds is 5. The van der Waals surface area contributed by atoms with Gasteiger partial charge in [0.25, 0.3) is 0 Å². The Hall–Kier alpha value is -0.570. The number of carbonyl (C=O) groups excluding carboxylic acids is 1. The first-order chi connectivity index (χ1) is 10.7. The van der Waals surface area contributed by atoms with E-state index in [1.54, 1.807) is 14.2 Å². The molecule has 1 saturated heterocycles. The minimum absolute atomic E-state index is 0. The highest BCUT2D eigenvalue weighted by atomic mass is 127. The second-order valence-corrected chi connectivity index (χ2v) is 6.24. The molecule has 1 aliphatic carbocycles. The molecule has 0 bridgehead atoms. The molecule has 7 heteroatoms. The molecule has 0 spiro atoms. The number of amides is 1. The topological polar surface area (TPSA) is 66.0 Å². The number of methoxy groups -OCH3 is 1. The lowest BCUT2D eigenvalue weighted by Crippen LogP contribution is -2.46. The molecule has 23 heavy (non-hydrogen) atoms. The van der Waals surface area contributed by atoms with E-state index >= 15 is 0 Å². The number of hydrogen-bond donors (Lipinski definition) is 2. The fourth-order valence-corrected chi connectivity index (χ4v) is 3.35. The van der Waals surface area contributed by atoms with E-state index in [0.717, 1.165) is 44.9 Å². The molecular weight excluding hydrogens is 407 g/mol. The minimum atomic E-state index is 0. The second-order valence-electron chi connectivity index (χ2n) is 6.24. The van der Waals surface area contributed by atoms with Crippen LogP contribution in [0, 0.1) is 5.92 Å². The number of carbonyl (C=O) groups is 1. The number of ether oxygens (including phenoxy) is 1. The molecule has 1 aliphatic heterocycles. The fraction of sp³-hybridized carbons (Fsp3) is 0.875. The van der Waals surface area contributed by atoms with E-state index in [0.29, 0.717) is 18.6 Å². The standard InChI is InChI=1S/C16H30N4O2.HI/c1-17-16(18-9-11-22-2)19-14-8-10-20(12-14)15(21)13-6-4-3-5-7-13;/h13-14H,3-12H2,1-2H3,(H2,17,18,19);1H. The van der Waals surface area contributed by atoms with Gasteiger partial charge in [-0.1, -0.05) is 19.3 Å². The highest BCUT2D eigenvalue weighted by Gasteiger charge is 2.31. The summed E-state index contributed by atoms with van der Waals surface area (Å²) in [5.41, 5.74) is 0. The number of nitrogens with one attached hydrogen (secondary N) is 2. The summed E-state index contributed by atoms with van der Waals surface area (Å²) in [4.78, 5) is 18.8. The SMILES string of the molecule is CN=C(NCCOC)NC1CCN(C(=O)C2CCCCC2)C1.I. The van der Waals surface area contributed by atoms with Crippen LogP contribution >= 0.6 is 24.0 Å². The number of hydrogen-bond acceptors (Lipinski definition) is 3. The summed E-state index contributed by atoms with van der Waals surface area (Å²) in [6.45, 7) is 3.04. The minimum Gasteiger partial charge on any atom is -0.383 e. The zero-order chi connectivity index (χ0) is 15.8. The van der Waals surface area contributed by atoms with Crippen molar-refractivity contribution in [2.45, 2.75) is 44.6 Å². The fourth-order valence-electron chi connectivity index (χ4n) is 3.35. The van der Waals surface area contributed by atoms with Crippen LogP contribution < -0.4 is 10.6 Å². The number of likely N-dealkylation sites (tertiary alicyclic amines) is 1. The lowest BCUT2D eigenvalue weighted by Gasteiger charge is -2.26. The van der Waals surface area contributed by atoms with Crippen molar-refractivity contribution < 1.29 is 9.53 Å². The Morgan fingerprint density at radius 2 is 2.00 bits per heavy atom. The van der Waals surface area contributed by atoms with Crippen LogP contribution in [0.3, 0.4) is 0 Å². The van der Waals surface area contributed by atoms with Crippen LogP contribution in [-0.4, -0.2) is 63.2 Å². The second kappa shape index (κ2) is 11.1. The van der Waals surface area contributed by atoms with Gasteiger partial charge in [0.15, 0.2) is 5.96 Å². The first kappa shape index (κ1) is 20.5. The van der Waals surface area contributed by atoms with Crippen LogP contribution in [0.15, 0.2) is 4.99 Å². The monoisotopic (exact) mass is 438 g/mol. The summed E-state index contributed by atoms with van der Waals surface area (Å²) in [7, 11) is 3.45. The maximum Gasteiger partial charge on any atom is 0.225 e. The summed E-state index contributed by atoms with van der Waals surface area (Å²) >= 11 is 0. The van der Waals surface area contributed by atoms with Crippen molar-refractivity contribution in [2.75, 3.05) is 40.4 Å². The van der Waals surface area contributed by atoms with Gasteiger partial charge < -0.3 is 20.3 Å². The molecule has 0 radical (unpaired) electrons. The van der Waals surface area contributed by atoms with E-state index in [1.165, 1.54) is 19.3 Å². The van der Waals surface area contributed by atoms with E-state index in [-0.39, 0.29) is 29.9 Å². The normalized spacial score (nSPS) is 22.6. The van der Waals surface area contributed by atoms with Gasteiger partial charge in [-0.15, -0.1) is 24.0 Å². The number of nitrogens with zero attached hydrogens (tertiary/aromatic N) is 2. The summed E-state index contributed by atoms with van der Waals surface area (Å²) in [6.07, 6.45) is 6.85. The molecule has 0 aromatic rings. The zero-order valence-electron chi connectivity index (χ0n) is 14.3. The van der Waals surface area contributed by atoms with Crippen molar-refractivity contribution in [3.05, 3.63) is 0 Å². The zero-order valence-corrected chi connectivity index (χ0v) is 16.7. The third-order valence-electron chi connectivity index (χ3n) is 4.62. The highest BCUT2D eigenvalue weighted by Crippen LogP contribution is 2.26. The Kier molecular flexibility index (Phi) is 9.85. The smallest absolute Gasteiger partial charge is 0.225 e. The van der Waals surface area contributed by atoms with Gasteiger partial charge in [-0.2, -0.15) is 0 Å². The molecule has 0 aromatic heterocycles.